The maximum atomic E-state index is 12.2. The molecule has 7 heteroatoms. The van der Waals surface area contributed by atoms with Crippen LogP contribution in [0.1, 0.15) is 47.1 Å². The first-order valence-corrected chi connectivity index (χ1v) is 8.90. The Bertz CT molecular complexity index is 681. The van der Waals surface area contributed by atoms with E-state index in [2.05, 4.69) is 4.90 Å². The van der Waals surface area contributed by atoms with Crippen molar-refractivity contribution < 1.29 is 14.5 Å². The molecule has 1 aromatic rings. The average molecular weight is 363 g/mol. The van der Waals surface area contributed by atoms with Gasteiger partial charge in [-0.25, -0.2) is 4.79 Å². The van der Waals surface area contributed by atoms with Crippen LogP contribution in [0, 0.1) is 10.1 Å². The van der Waals surface area contributed by atoms with E-state index in [1.807, 2.05) is 47.6 Å². The number of benzene rings is 1. The fourth-order valence-corrected chi connectivity index (χ4v) is 2.97. The molecule has 1 aliphatic heterocycles. The molecule has 0 aromatic heterocycles. The highest BCUT2D eigenvalue weighted by Gasteiger charge is 2.29. The predicted molar refractivity (Wildman–Crippen MR) is 102 cm³/mol. The highest BCUT2D eigenvalue weighted by molar-refractivity contribution is 5.69. The maximum absolute atomic E-state index is 12.2. The fraction of sp³-hybridized carbons (Fsp3) is 0.632. The number of anilines is 1. The van der Waals surface area contributed by atoms with Crippen LogP contribution in [0.4, 0.5) is 16.2 Å². The molecule has 1 saturated heterocycles. The fourth-order valence-electron chi connectivity index (χ4n) is 2.97. The lowest BCUT2D eigenvalue weighted by atomic mass is 9.85. The second-order valence-corrected chi connectivity index (χ2v) is 8.66. The third kappa shape index (κ3) is 4.86. The number of carbonyl (C=O) groups is 1. The highest BCUT2D eigenvalue weighted by Crippen LogP contribution is 2.35. The third-order valence-electron chi connectivity index (χ3n) is 4.27. The van der Waals surface area contributed by atoms with Gasteiger partial charge in [-0.05, 0) is 37.8 Å². The molecule has 1 amide bonds. The molecular weight excluding hydrogens is 334 g/mol. The van der Waals surface area contributed by atoms with E-state index in [-0.39, 0.29) is 22.1 Å². The van der Waals surface area contributed by atoms with Crippen LogP contribution in [0.2, 0.25) is 0 Å². The van der Waals surface area contributed by atoms with E-state index >= 15 is 0 Å². The standard InChI is InChI=1S/C19H29N3O4/c1-18(2,3)15-13-14(22(24)25)7-8-16(15)20-9-11-21(12-10-20)17(23)26-19(4,5)6/h7-8,13H,9-12H2,1-6H3. The van der Waals surface area contributed by atoms with Gasteiger partial charge in [0, 0.05) is 44.0 Å². The second-order valence-electron chi connectivity index (χ2n) is 8.66. The Morgan fingerprint density at radius 1 is 1.08 bits per heavy atom. The van der Waals surface area contributed by atoms with Gasteiger partial charge < -0.3 is 14.5 Å². The van der Waals surface area contributed by atoms with Crippen LogP contribution in [-0.2, 0) is 10.2 Å². The molecule has 1 fully saturated rings. The lowest BCUT2D eigenvalue weighted by Crippen LogP contribution is -2.50. The van der Waals surface area contributed by atoms with E-state index in [9.17, 15) is 14.9 Å². The zero-order valence-corrected chi connectivity index (χ0v) is 16.5. The van der Waals surface area contributed by atoms with Gasteiger partial charge in [0.15, 0.2) is 0 Å². The number of ether oxygens (including phenoxy) is 1. The lowest BCUT2D eigenvalue weighted by molar-refractivity contribution is -0.384. The molecule has 1 aliphatic rings. The van der Waals surface area contributed by atoms with Gasteiger partial charge in [0.1, 0.15) is 5.60 Å². The summed E-state index contributed by atoms with van der Waals surface area (Å²) in [7, 11) is 0. The Kier molecular flexibility index (Phi) is 5.49. The van der Waals surface area contributed by atoms with Crippen LogP contribution in [0.25, 0.3) is 0 Å². The van der Waals surface area contributed by atoms with E-state index in [0.29, 0.717) is 26.2 Å². The van der Waals surface area contributed by atoms with Gasteiger partial charge in [0.25, 0.3) is 5.69 Å². The number of piperazine rings is 1. The van der Waals surface area contributed by atoms with Crippen LogP contribution in [0.15, 0.2) is 18.2 Å². The summed E-state index contributed by atoms with van der Waals surface area (Å²) in [5.74, 6) is 0. The van der Waals surface area contributed by atoms with Crippen LogP contribution < -0.4 is 4.90 Å². The number of nitrogens with zero attached hydrogens (tertiary/aromatic N) is 3. The van der Waals surface area contributed by atoms with Crippen molar-refractivity contribution in [2.75, 3.05) is 31.1 Å². The maximum Gasteiger partial charge on any atom is 0.410 e. The first-order chi connectivity index (χ1) is 11.9. The number of nitro benzene ring substituents is 1. The first-order valence-electron chi connectivity index (χ1n) is 8.90. The van der Waals surface area contributed by atoms with Crippen molar-refractivity contribution in [3.05, 3.63) is 33.9 Å². The van der Waals surface area contributed by atoms with Crippen molar-refractivity contribution in [2.45, 2.75) is 52.6 Å². The minimum atomic E-state index is -0.508. The molecule has 1 heterocycles. The minimum absolute atomic E-state index is 0.103. The monoisotopic (exact) mass is 363 g/mol. The van der Waals surface area contributed by atoms with Crippen LogP contribution in [0.5, 0.6) is 0 Å². The normalized spacial score (nSPS) is 15.8. The van der Waals surface area contributed by atoms with Crippen molar-refractivity contribution in [2.24, 2.45) is 0 Å². The van der Waals surface area contributed by atoms with Gasteiger partial charge >= 0.3 is 6.09 Å². The van der Waals surface area contributed by atoms with E-state index < -0.39 is 5.60 Å². The molecular formula is C19H29N3O4. The Labute approximate surface area is 155 Å². The van der Waals surface area contributed by atoms with Crippen molar-refractivity contribution in [1.82, 2.24) is 4.90 Å². The first kappa shape index (κ1) is 20.0. The van der Waals surface area contributed by atoms with Crippen LogP contribution >= 0.6 is 0 Å². The van der Waals surface area contributed by atoms with Crippen molar-refractivity contribution in [3.8, 4) is 0 Å². The molecule has 0 atom stereocenters. The van der Waals surface area contributed by atoms with Crippen molar-refractivity contribution >= 4 is 17.5 Å². The Balaban J connectivity index is 2.16. The van der Waals surface area contributed by atoms with E-state index in [0.717, 1.165) is 11.3 Å². The smallest absolute Gasteiger partial charge is 0.410 e. The number of nitro groups is 1. The molecule has 0 radical (unpaired) electrons. The highest BCUT2D eigenvalue weighted by atomic mass is 16.6. The summed E-state index contributed by atoms with van der Waals surface area (Å²) in [4.78, 5) is 26.9. The van der Waals surface area contributed by atoms with Crippen LogP contribution in [-0.4, -0.2) is 47.7 Å². The zero-order valence-electron chi connectivity index (χ0n) is 16.5. The van der Waals surface area contributed by atoms with Gasteiger partial charge in [-0.15, -0.1) is 0 Å². The molecule has 7 nitrogen and oxygen atoms in total. The predicted octanol–water partition coefficient (Wildman–Crippen LogP) is 3.95. The second kappa shape index (κ2) is 7.13. The van der Waals surface area contributed by atoms with Crippen molar-refractivity contribution in [1.29, 1.82) is 0 Å². The van der Waals surface area contributed by atoms with Gasteiger partial charge in [-0.2, -0.15) is 0 Å². The SMILES string of the molecule is CC(C)(C)OC(=O)N1CCN(c2ccc([N+](=O)[O-])cc2C(C)(C)C)CC1. The number of rotatable bonds is 2. The molecule has 0 unspecified atom stereocenters. The quantitative estimate of drug-likeness (QED) is 0.587. The van der Waals surface area contributed by atoms with E-state index in [1.165, 1.54) is 0 Å². The van der Waals surface area contributed by atoms with Gasteiger partial charge in [0.05, 0.1) is 4.92 Å². The molecule has 0 saturated carbocycles. The number of hydrogen-bond donors (Lipinski definition) is 0. The topological polar surface area (TPSA) is 75.9 Å². The molecule has 26 heavy (non-hydrogen) atoms. The number of non-ortho nitro benzene ring substituents is 1. The molecule has 0 spiro atoms. The Hall–Kier alpha value is -2.31. The van der Waals surface area contributed by atoms with Gasteiger partial charge in [-0.3, -0.25) is 10.1 Å². The summed E-state index contributed by atoms with van der Waals surface area (Å²) >= 11 is 0. The summed E-state index contributed by atoms with van der Waals surface area (Å²) in [5, 5.41) is 11.1. The van der Waals surface area contributed by atoms with E-state index in [4.69, 9.17) is 4.74 Å². The number of hydrogen-bond acceptors (Lipinski definition) is 5. The van der Waals surface area contributed by atoms with Gasteiger partial charge in [-0.1, -0.05) is 20.8 Å². The summed E-state index contributed by atoms with van der Waals surface area (Å²) in [6.07, 6.45) is -0.295. The Morgan fingerprint density at radius 2 is 1.65 bits per heavy atom. The summed E-state index contributed by atoms with van der Waals surface area (Å²) in [6.45, 7) is 14.2. The van der Waals surface area contributed by atoms with Gasteiger partial charge in [0.2, 0.25) is 0 Å². The number of carbonyl (C=O) groups excluding carboxylic acids is 1. The Morgan fingerprint density at radius 3 is 2.12 bits per heavy atom. The molecule has 144 valence electrons. The average Bonchev–Trinajstić information content (AvgIpc) is 2.52. The summed E-state index contributed by atoms with van der Waals surface area (Å²) in [6, 6.07) is 5.03. The summed E-state index contributed by atoms with van der Waals surface area (Å²) in [5.41, 5.74) is 1.31. The molecule has 0 N–H and O–H groups in total. The lowest BCUT2D eigenvalue weighted by Gasteiger charge is -2.38. The third-order valence-corrected chi connectivity index (χ3v) is 4.27. The molecule has 1 aromatic carbocycles. The van der Waals surface area contributed by atoms with Crippen molar-refractivity contribution in [3.63, 3.8) is 0 Å². The van der Waals surface area contributed by atoms with Crippen LogP contribution in [0.3, 0.4) is 0 Å². The largest absolute Gasteiger partial charge is 0.444 e. The number of amides is 1. The molecule has 0 bridgehead atoms. The zero-order chi connectivity index (χ0) is 19.7. The molecule has 0 aliphatic carbocycles. The molecule has 2 rings (SSSR count). The summed E-state index contributed by atoms with van der Waals surface area (Å²) < 4.78 is 5.43. The van der Waals surface area contributed by atoms with E-state index in [1.54, 1.807) is 17.0 Å². The minimum Gasteiger partial charge on any atom is -0.444 e.